The van der Waals surface area contributed by atoms with E-state index in [0.717, 1.165) is 27.8 Å². The lowest BCUT2D eigenvalue weighted by Gasteiger charge is -2.11. The third kappa shape index (κ3) is 2.50. The summed E-state index contributed by atoms with van der Waals surface area (Å²) in [5.41, 5.74) is 2.97. The van der Waals surface area contributed by atoms with Gasteiger partial charge in [0.05, 0.1) is 12.1 Å². The highest BCUT2D eigenvalue weighted by molar-refractivity contribution is 5.79. The second kappa shape index (κ2) is 5.75. The van der Waals surface area contributed by atoms with E-state index in [4.69, 9.17) is 4.98 Å². The van der Waals surface area contributed by atoms with Crippen molar-refractivity contribution in [2.24, 2.45) is 12.0 Å². The molecule has 3 heteroatoms. The molecule has 0 aliphatic carbocycles. The molecular formula is C18H17N3. The fourth-order valence-corrected chi connectivity index (χ4v) is 2.42. The second-order valence-corrected chi connectivity index (χ2v) is 4.83. The van der Waals surface area contributed by atoms with Crippen LogP contribution in [0.2, 0.25) is 0 Å². The third-order valence-electron chi connectivity index (χ3n) is 3.41. The van der Waals surface area contributed by atoms with E-state index in [1.54, 1.807) is 6.08 Å². The van der Waals surface area contributed by atoms with Crippen molar-refractivity contribution in [1.82, 2.24) is 9.55 Å². The smallest absolute Gasteiger partial charge is 0.141 e. The van der Waals surface area contributed by atoms with Gasteiger partial charge >= 0.3 is 0 Å². The minimum absolute atomic E-state index is 0.593. The monoisotopic (exact) mass is 275 g/mol. The average Bonchev–Trinajstić information content (AvgIpc) is 2.54. The van der Waals surface area contributed by atoms with Crippen LogP contribution in [0.5, 0.6) is 0 Å². The standard InChI is InChI=1S/C18H17N3/c1-3-13-19-18-15-11-7-8-12-16(15)20-17(21(18)2)14-9-5-4-6-10-14/h3-12H,1,13H2,2H3. The number of hydrogen-bond acceptors (Lipinski definition) is 2. The third-order valence-corrected chi connectivity index (χ3v) is 3.41. The Labute approximate surface area is 123 Å². The van der Waals surface area contributed by atoms with E-state index < -0.39 is 0 Å². The Morgan fingerprint density at radius 3 is 2.57 bits per heavy atom. The predicted octanol–water partition coefficient (Wildman–Crippen LogP) is 3.33. The van der Waals surface area contributed by atoms with E-state index in [1.165, 1.54) is 0 Å². The van der Waals surface area contributed by atoms with Gasteiger partial charge in [-0.1, -0.05) is 48.5 Å². The van der Waals surface area contributed by atoms with Crippen molar-refractivity contribution < 1.29 is 0 Å². The zero-order chi connectivity index (χ0) is 14.7. The van der Waals surface area contributed by atoms with Gasteiger partial charge in [0.15, 0.2) is 0 Å². The van der Waals surface area contributed by atoms with Gasteiger partial charge in [-0.15, -0.1) is 6.58 Å². The Hall–Kier alpha value is -2.68. The van der Waals surface area contributed by atoms with Crippen molar-refractivity contribution >= 4 is 10.9 Å². The van der Waals surface area contributed by atoms with Crippen LogP contribution in [0.4, 0.5) is 0 Å². The molecule has 21 heavy (non-hydrogen) atoms. The summed E-state index contributed by atoms with van der Waals surface area (Å²) >= 11 is 0. The second-order valence-electron chi connectivity index (χ2n) is 4.83. The number of fused-ring (bicyclic) bond motifs is 1. The lowest BCUT2D eigenvalue weighted by molar-refractivity contribution is 0.819. The SMILES string of the molecule is C=CCN=c1c2ccccc2nc(-c2ccccc2)n1C. The molecule has 3 aromatic rings. The van der Waals surface area contributed by atoms with Crippen molar-refractivity contribution in [1.29, 1.82) is 0 Å². The molecule has 0 saturated heterocycles. The van der Waals surface area contributed by atoms with Crippen LogP contribution in [-0.4, -0.2) is 16.1 Å². The van der Waals surface area contributed by atoms with Crippen molar-refractivity contribution in [3.8, 4) is 11.4 Å². The molecule has 0 atom stereocenters. The number of benzene rings is 2. The maximum Gasteiger partial charge on any atom is 0.141 e. The molecule has 0 radical (unpaired) electrons. The number of hydrogen-bond donors (Lipinski definition) is 0. The zero-order valence-electron chi connectivity index (χ0n) is 12.0. The van der Waals surface area contributed by atoms with E-state index in [2.05, 4.69) is 29.8 Å². The summed E-state index contributed by atoms with van der Waals surface area (Å²) in [6.45, 7) is 4.34. The lowest BCUT2D eigenvalue weighted by atomic mass is 10.2. The predicted molar refractivity (Wildman–Crippen MR) is 86.8 cm³/mol. The Morgan fingerprint density at radius 1 is 1.10 bits per heavy atom. The van der Waals surface area contributed by atoms with Crippen LogP contribution < -0.4 is 5.49 Å². The first-order chi connectivity index (χ1) is 10.3. The zero-order valence-corrected chi connectivity index (χ0v) is 12.0. The summed E-state index contributed by atoms with van der Waals surface area (Å²) in [5.74, 6) is 0.914. The van der Waals surface area contributed by atoms with Crippen LogP contribution >= 0.6 is 0 Å². The van der Waals surface area contributed by atoms with Gasteiger partial charge in [0.1, 0.15) is 11.3 Å². The van der Waals surface area contributed by atoms with Crippen LogP contribution in [0.3, 0.4) is 0 Å². The van der Waals surface area contributed by atoms with Gasteiger partial charge < -0.3 is 4.57 Å². The molecule has 0 N–H and O–H groups in total. The Bertz CT molecular complexity index is 845. The number of para-hydroxylation sites is 1. The molecule has 0 fully saturated rings. The molecule has 0 aliphatic rings. The number of aromatic nitrogens is 2. The fraction of sp³-hybridized carbons (Fsp3) is 0.111. The van der Waals surface area contributed by atoms with Crippen molar-refractivity contribution in [3.63, 3.8) is 0 Å². The number of nitrogens with zero attached hydrogens (tertiary/aromatic N) is 3. The Kier molecular flexibility index (Phi) is 3.65. The molecule has 0 unspecified atom stereocenters. The van der Waals surface area contributed by atoms with Crippen LogP contribution in [0, 0.1) is 0 Å². The molecule has 0 saturated carbocycles. The summed E-state index contributed by atoms with van der Waals surface area (Å²) < 4.78 is 2.04. The van der Waals surface area contributed by atoms with Crippen molar-refractivity contribution in [2.45, 2.75) is 0 Å². The summed E-state index contributed by atoms with van der Waals surface area (Å²) in [5, 5.41) is 1.06. The van der Waals surface area contributed by atoms with Crippen LogP contribution in [0.25, 0.3) is 22.3 Å². The summed E-state index contributed by atoms with van der Waals surface area (Å²) in [6, 6.07) is 18.3. The summed E-state index contributed by atoms with van der Waals surface area (Å²) in [4.78, 5) is 9.43. The van der Waals surface area contributed by atoms with Gasteiger partial charge in [0, 0.05) is 18.0 Å². The van der Waals surface area contributed by atoms with Gasteiger partial charge in [-0.25, -0.2) is 4.98 Å². The van der Waals surface area contributed by atoms with Gasteiger partial charge in [0.25, 0.3) is 0 Å². The molecule has 1 aromatic heterocycles. The van der Waals surface area contributed by atoms with E-state index in [1.807, 2.05) is 48.0 Å². The van der Waals surface area contributed by atoms with Crippen LogP contribution in [0.15, 0.2) is 72.2 Å². The minimum Gasteiger partial charge on any atom is -0.313 e. The first-order valence-electron chi connectivity index (χ1n) is 6.94. The van der Waals surface area contributed by atoms with Gasteiger partial charge in [-0.3, -0.25) is 4.99 Å². The highest BCUT2D eigenvalue weighted by atomic mass is 15.1. The van der Waals surface area contributed by atoms with Gasteiger partial charge in [-0.2, -0.15) is 0 Å². The molecule has 1 heterocycles. The molecule has 3 rings (SSSR count). The van der Waals surface area contributed by atoms with E-state index in [9.17, 15) is 0 Å². The Morgan fingerprint density at radius 2 is 1.81 bits per heavy atom. The molecule has 0 spiro atoms. The maximum atomic E-state index is 4.79. The minimum atomic E-state index is 0.593. The largest absolute Gasteiger partial charge is 0.313 e. The molecule has 2 aromatic carbocycles. The quantitative estimate of drug-likeness (QED) is 0.674. The van der Waals surface area contributed by atoms with E-state index in [0.29, 0.717) is 6.54 Å². The van der Waals surface area contributed by atoms with Gasteiger partial charge in [0.2, 0.25) is 0 Å². The fourth-order valence-electron chi connectivity index (χ4n) is 2.42. The van der Waals surface area contributed by atoms with Crippen LogP contribution in [-0.2, 0) is 7.05 Å². The molecule has 104 valence electrons. The van der Waals surface area contributed by atoms with Crippen LogP contribution in [0.1, 0.15) is 0 Å². The average molecular weight is 275 g/mol. The first-order valence-corrected chi connectivity index (χ1v) is 6.94. The highest BCUT2D eigenvalue weighted by Gasteiger charge is 2.07. The molecule has 0 bridgehead atoms. The van der Waals surface area contributed by atoms with Gasteiger partial charge in [-0.05, 0) is 12.1 Å². The normalized spacial score (nSPS) is 11.8. The molecule has 3 nitrogen and oxygen atoms in total. The summed E-state index contributed by atoms with van der Waals surface area (Å²) in [7, 11) is 2.00. The lowest BCUT2D eigenvalue weighted by Crippen LogP contribution is -2.22. The molecule has 0 aliphatic heterocycles. The Balaban J connectivity index is 2.37. The highest BCUT2D eigenvalue weighted by Crippen LogP contribution is 2.17. The molecule has 0 amide bonds. The summed E-state index contributed by atoms with van der Waals surface area (Å²) in [6.07, 6.45) is 1.80. The molecular weight excluding hydrogens is 258 g/mol. The van der Waals surface area contributed by atoms with E-state index >= 15 is 0 Å². The first kappa shape index (κ1) is 13.3. The maximum absolute atomic E-state index is 4.79. The van der Waals surface area contributed by atoms with Crippen molar-refractivity contribution in [3.05, 3.63) is 72.7 Å². The number of rotatable bonds is 3. The topological polar surface area (TPSA) is 30.2 Å². The van der Waals surface area contributed by atoms with E-state index in [-0.39, 0.29) is 0 Å². The van der Waals surface area contributed by atoms with Crippen molar-refractivity contribution in [2.75, 3.05) is 6.54 Å².